The first-order valence-electron chi connectivity index (χ1n) is 8.00. The molecule has 0 amide bonds. The smallest absolute Gasteiger partial charge is 0.134 e. The number of fused-ring (bicyclic) bond motifs is 1. The van der Waals surface area contributed by atoms with Gasteiger partial charge in [-0.1, -0.05) is 61.2 Å². The molecule has 0 N–H and O–H groups in total. The van der Waals surface area contributed by atoms with Crippen LogP contribution in [0.2, 0.25) is 19.6 Å². The average molecular weight is 312 g/mol. The molecule has 1 aliphatic carbocycles. The third-order valence-corrected chi connectivity index (χ3v) is 5.88. The molecule has 1 heterocycles. The fourth-order valence-electron chi connectivity index (χ4n) is 3.68. The van der Waals surface area contributed by atoms with Crippen molar-refractivity contribution in [2.75, 3.05) is 13.2 Å². The molecule has 1 fully saturated rings. The van der Waals surface area contributed by atoms with Crippen LogP contribution in [0, 0.1) is 5.41 Å². The average Bonchev–Trinajstić information content (AvgIpc) is 2.82. The molecule has 0 spiro atoms. The molecule has 1 aromatic carbocycles. The second-order valence-electron chi connectivity index (χ2n) is 7.43. The Morgan fingerprint density at radius 2 is 1.91 bits per heavy atom. The molecule has 0 unspecified atom stereocenters. The van der Waals surface area contributed by atoms with E-state index in [1.807, 2.05) is 6.07 Å². The lowest BCUT2D eigenvalue weighted by molar-refractivity contribution is -0.115. The number of rotatable bonds is 3. The summed E-state index contributed by atoms with van der Waals surface area (Å²) in [5, 5.41) is 0. The molecular formula is C19H24O2Si. The van der Waals surface area contributed by atoms with Crippen LogP contribution in [0.15, 0.2) is 47.2 Å². The molecule has 0 aromatic heterocycles. The second-order valence-corrected chi connectivity index (χ2v) is 12.4. The quantitative estimate of drug-likeness (QED) is 0.616. The summed E-state index contributed by atoms with van der Waals surface area (Å²) in [5.74, 6) is 0. The monoisotopic (exact) mass is 312 g/mol. The largest absolute Gasteiger partial charge is 0.377 e. The van der Waals surface area contributed by atoms with Gasteiger partial charge in [-0.2, -0.15) is 0 Å². The number of benzene rings is 1. The maximum Gasteiger partial charge on any atom is 0.134 e. The van der Waals surface area contributed by atoms with Crippen LogP contribution in [-0.4, -0.2) is 27.6 Å². The fraction of sp³-hybridized carbons (Fsp3) is 0.421. The van der Waals surface area contributed by atoms with Crippen molar-refractivity contribution in [2.45, 2.75) is 32.5 Å². The van der Waals surface area contributed by atoms with Crippen LogP contribution in [0.3, 0.4) is 0 Å². The zero-order chi connectivity index (χ0) is 15.8. The molecule has 1 saturated heterocycles. The molecule has 2 aliphatic rings. The molecule has 1 aliphatic heterocycles. The van der Waals surface area contributed by atoms with Gasteiger partial charge in [0.25, 0.3) is 0 Å². The third-order valence-electron chi connectivity index (χ3n) is 4.66. The van der Waals surface area contributed by atoms with Gasteiger partial charge in [0.15, 0.2) is 0 Å². The number of carbonyl (C=O) groups excluding carboxylic acids is 1. The lowest BCUT2D eigenvalue weighted by atomic mass is 9.75. The minimum atomic E-state index is -1.38. The number of hydrogen-bond donors (Lipinski definition) is 0. The minimum absolute atomic E-state index is 0.399. The summed E-state index contributed by atoms with van der Waals surface area (Å²) in [6.07, 6.45) is 2.87. The highest BCUT2D eigenvalue weighted by Gasteiger charge is 2.46. The van der Waals surface area contributed by atoms with E-state index in [2.05, 4.69) is 49.6 Å². The van der Waals surface area contributed by atoms with E-state index in [1.54, 1.807) is 0 Å². The van der Waals surface area contributed by atoms with Crippen molar-refractivity contribution in [2.24, 2.45) is 5.41 Å². The summed E-state index contributed by atoms with van der Waals surface area (Å²) < 4.78 is 5.71. The first kappa shape index (κ1) is 15.4. The molecule has 0 bridgehead atoms. The van der Waals surface area contributed by atoms with Crippen molar-refractivity contribution in [3.05, 3.63) is 52.7 Å². The van der Waals surface area contributed by atoms with Crippen LogP contribution in [0.5, 0.6) is 0 Å². The van der Waals surface area contributed by atoms with Crippen molar-refractivity contribution in [3.63, 3.8) is 0 Å². The molecule has 1 atom stereocenters. The Bertz CT molecular complexity index is 637. The van der Waals surface area contributed by atoms with Gasteiger partial charge in [0.2, 0.25) is 0 Å². The molecule has 22 heavy (non-hydrogen) atoms. The highest BCUT2D eigenvalue weighted by atomic mass is 28.3. The van der Waals surface area contributed by atoms with Crippen molar-refractivity contribution >= 4 is 19.9 Å². The second kappa shape index (κ2) is 5.63. The Hall–Kier alpha value is -1.45. The number of ether oxygens (including phenoxy) is 1. The number of carbonyl (C=O) groups is 1. The van der Waals surface area contributed by atoms with Crippen LogP contribution in [0.25, 0.3) is 5.57 Å². The Morgan fingerprint density at radius 3 is 2.55 bits per heavy atom. The first-order chi connectivity index (χ1) is 10.5. The molecule has 116 valence electrons. The van der Waals surface area contributed by atoms with Crippen LogP contribution in [0.4, 0.5) is 0 Å². The number of hydrogen-bond acceptors (Lipinski definition) is 2. The van der Waals surface area contributed by atoms with Crippen LogP contribution in [-0.2, 0) is 9.53 Å². The van der Waals surface area contributed by atoms with E-state index >= 15 is 0 Å². The maximum absolute atomic E-state index is 12.1. The van der Waals surface area contributed by atoms with Gasteiger partial charge in [-0.05, 0) is 29.6 Å². The van der Waals surface area contributed by atoms with Gasteiger partial charge in [0, 0.05) is 6.61 Å². The summed E-state index contributed by atoms with van der Waals surface area (Å²) in [5.41, 5.74) is 7.08. The van der Waals surface area contributed by atoms with E-state index < -0.39 is 13.5 Å². The number of allylic oxidation sites excluding steroid dienone is 2. The lowest BCUT2D eigenvalue weighted by Gasteiger charge is -2.34. The van der Waals surface area contributed by atoms with E-state index in [1.165, 1.54) is 28.6 Å². The van der Waals surface area contributed by atoms with E-state index in [4.69, 9.17) is 4.74 Å². The van der Waals surface area contributed by atoms with Gasteiger partial charge in [-0.3, -0.25) is 0 Å². The molecule has 0 radical (unpaired) electrons. The SMILES string of the molecule is C[Si](C)(C)/C=C1\CC(c2ccccc2)=C2COCC[C@@]21C=O. The van der Waals surface area contributed by atoms with Crippen molar-refractivity contribution in [1.29, 1.82) is 0 Å². The summed E-state index contributed by atoms with van der Waals surface area (Å²) in [6, 6.07) is 10.4. The van der Waals surface area contributed by atoms with Gasteiger partial charge >= 0.3 is 0 Å². The van der Waals surface area contributed by atoms with E-state index in [0.29, 0.717) is 13.2 Å². The Labute approximate surface area is 133 Å². The van der Waals surface area contributed by atoms with Gasteiger partial charge in [0.1, 0.15) is 6.29 Å². The van der Waals surface area contributed by atoms with E-state index in [0.717, 1.165) is 12.8 Å². The maximum atomic E-state index is 12.1. The summed E-state index contributed by atoms with van der Waals surface area (Å²) in [4.78, 5) is 12.1. The van der Waals surface area contributed by atoms with Crippen LogP contribution >= 0.6 is 0 Å². The van der Waals surface area contributed by atoms with Crippen molar-refractivity contribution in [1.82, 2.24) is 0 Å². The predicted molar refractivity (Wildman–Crippen MR) is 93.3 cm³/mol. The number of aldehydes is 1. The normalized spacial score (nSPS) is 27.1. The van der Waals surface area contributed by atoms with Gasteiger partial charge in [0.05, 0.1) is 20.1 Å². The Morgan fingerprint density at radius 1 is 1.18 bits per heavy atom. The van der Waals surface area contributed by atoms with E-state index in [9.17, 15) is 4.79 Å². The molecule has 0 saturated carbocycles. The Balaban J connectivity index is 2.15. The predicted octanol–water partition coefficient (Wildman–Crippen LogP) is 4.25. The van der Waals surface area contributed by atoms with Gasteiger partial charge < -0.3 is 9.53 Å². The lowest BCUT2D eigenvalue weighted by Crippen LogP contribution is -2.34. The summed E-state index contributed by atoms with van der Waals surface area (Å²) in [7, 11) is -1.38. The highest BCUT2D eigenvalue weighted by Crippen LogP contribution is 2.53. The first-order valence-corrected chi connectivity index (χ1v) is 11.6. The fourth-order valence-corrected chi connectivity index (χ4v) is 5.08. The van der Waals surface area contributed by atoms with E-state index in [-0.39, 0.29) is 0 Å². The summed E-state index contributed by atoms with van der Waals surface area (Å²) in [6.45, 7) is 8.26. The van der Waals surface area contributed by atoms with Crippen molar-refractivity contribution in [3.8, 4) is 0 Å². The molecular weight excluding hydrogens is 288 g/mol. The molecule has 3 heteroatoms. The minimum Gasteiger partial charge on any atom is -0.377 e. The zero-order valence-corrected chi connectivity index (χ0v) is 14.7. The van der Waals surface area contributed by atoms with Gasteiger partial charge in [-0.25, -0.2) is 0 Å². The Kier molecular flexibility index (Phi) is 3.95. The van der Waals surface area contributed by atoms with Crippen LogP contribution in [0.1, 0.15) is 18.4 Å². The van der Waals surface area contributed by atoms with Crippen LogP contribution < -0.4 is 0 Å². The molecule has 1 aromatic rings. The van der Waals surface area contributed by atoms with Crippen molar-refractivity contribution < 1.29 is 9.53 Å². The third kappa shape index (κ3) is 2.64. The highest BCUT2D eigenvalue weighted by molar-refractivity contribution is 6.81. The standard InChI is InChI=1S/C19H24O2Si/c1-22(2,3)13-16-11-17(15-7-5-4-6-8-15)18-12-21-10-9-19(16,18)14-20/h4-8,13-14H,9-12H2,1-3H3/b16-13+/t19-/m0/s1. The topological polar surface area (TPSA) is 26.3 Å². The molecule has 3 rings (SSSR count). The van der Waals surface area contributed by atoms with Gasteiger partial charge in [-0.15, -0.1) is 0 Å². The zero-order valence-electron chi connectivity index (χ0n) is 13.7. The molecule has 2 nitrogen and oxygen atoms in total. The summed E-state index contributed by atoms with van der Waals surface area (Å²) >= 11 is 0.